The third-order valence-electron chi connectivity index (χ3n) is 3.62. The third kappa shape index (κ3) is 8.00. The molecule has 4 N–H and O–H groups in total. The number of amides is 1. The summed E-state index contributed by atoms with van der Waals surface area (Å²) >= 11 is 0. The fraction of sp³-hybridized carbons (Fsp3) is 0.556. The number of hydrogen-bond donors (Lipinski definition) is 3. The van der Waals surface area contributed by atoms with Crippen LogP contribution in [-0.4, -0.2) is 49.5 Å². The number of rotatable bonds is 12. The van der Waals surface area contributed by atoms with E-state index in [1.54, 1.807) is 24.3 Å². The molecular weight excluding hydrogens is 324 g/mol. The number of nitrogens with one attached hydrogen (secondary N) is 1. The van der Waals surface area contributed by atoms with Gasteiger partial charge < -0.3 is 25.6 Å². The molecule has 0 aromatic heterocycles. The van der Waals surface area contributed by atoms with Gasteiger partial charge in [-0.3, -0.25) is 9.59 Å². The van der Waals surface area contributed by atoms with Crippen molar-refractivity contribution >= 4 is 17.6 Å². The van der Waals surface area contributed by atoms with Gasteiger partial charge in [0.2, 0.25) is 0 Å². The van der Waals surface area contributed by atoms with E-state index in [0.717, 1.165) is 6.42 Å². The topological polar surface area (TPSA) is 111 Å². The van der Waals surface area contributed by atoms with Crippen LogP contribution in [0.25, 0.3) is 0 Å². The third-order valence-corrected chi connectivity index (χ3v) is 3.62. The molecule has 0 unspecified atom stereocenters. The second kappa shape index (κ2) is 11.4. The predicted molar refractivity (Wildman–Crippen MR) is 95.5 cm³/mol. The molecule has 140 valence electrons. The normalized spacial score (nSPS) is 13.2. The fourth-order valence-electron chi connectivity index (χ4n) is 2.29. The second-order valence-corrected chi connectivity index (χ2v) is 5.80. The first kappa shape index (κ1) is 20.9. The molecule has 7 nitrogen and oxygen atoms in total. The van der Waals surface area contributed by atoms with Crippen LogP contribution in [0.15, 0.2) is 24.3 Å². The van der Waals surface area contributed by atoms with Gasteiger partial charge in [-0.05, 0) is 44.0 Å². The number of aliphatic carboxylic acids is 1. The zero-order chi connectivity index (χ0) is 18.7. The van der Waals surface area contributed by atoms with Crippen LogP contribution in [0.5, 0.6) is 0 Å². The van der Waals surface area contributed by atoms with Crippen molar-refractivity contribution in [2.24, 2.45) is 5.92 Å². The lowest BCUT2D eigenvalue weighted by Gasteiger charge is -2.22. The van der Waals surface area contributed by atoms with Crippen molar-refractivity contribution in [3.05, 3.63) is 29.8 Å². The van der Waals surface area contributed by atoms with Crippen molar-refractivity contribution in [2.45, 2.75) is 32.7 Å². The first-order valence-corrected chi connectivity index (χ1v) is 8.52. The smallest absolute Gasteiger partial charge is 0.308 e. The van der Waals surface area contributed by atoms with E-state index >= 15 is 0 Å². The number of nitrogens with two attached hydrogens (primary N) is 1. The highest BCUT2D eigenvalue weighted by molar-refractivity contribution is 5.94. The first-order chi connectivity index (χ1) is 12.0. The minimum absolute atomic E-state index is 0.105. The summed E-state index contributed by atoms with van der Waals surface area (Å²) in [5.41, 5.74) is 6.66. The van der Waals surface area contributed by atoms with E-state index in [9.17, 15) is 14.7 Å². The van der Waals surface area contributed by atoms with Crippen LogP contribution in [0.3, 0.4) is 0 Å². The summed E-state index contributed by atoms with van der Waals surface area (Å²) < 4.78 is 10.8. The summed E-state index contributed by atoms with van der Waals surface area (Å²) in [6.45, 7) is 5.15. The van der Waals surface area contributed by atoms with Crippen molar-refractivity contribution in [3.8, 4) is 0 Å². The van der Waals surface area contributed by atoms with Crippen molar-refractivity contribution in [3.63, 3.8) is 0 Å². The van der Waals surface area contributed by atoms with Crippen LogP contribution in [0.4, 0.5) is 5.69 Å². The van der Waals surface area contributed by atoms with Crippen LogP contribution in [0.1, 0.15) is 37.0 Å². The van der Waals surface area contributed by atoms with Gasteiger partial charge in [0.1, 0.15) is 0 Å². The maximum absolute atomic E-state index is 12.4. The molecule has 1 aromatic carbocycles. The average molecular weight is 352 g/mol. The number of ether oxygens (including phenoxy) is 2. The number of anilines is 1. The van der Waals surface area contributed by atoms with E-state index in [2.05, 4.69) is 5.32 Å². The maximum atomic E-state index is 12.4. The molecule has 0 saturated carbocycles. The van der Waals surface area contributed by atoms with Crippen LogP contribution in [0.2, 0.25) is 0 Å². The van der Waals surface area contributed by atoms with Gasteiger partial charge in [0.25, 0.3) is 5.91 Å². The molecule has 1 rings (SSSR count). The molecule has 0 spiro atoms. The fourth-order valence-corrected chi connectivity index (χ4v) is 2.29. The summed E-state index contributed by atoms with van der Waals surface area (Å²) in [6.07, 6.45) is 1.08. The molecule has 0 aliphatic carbocycles. The van der Waals surface area contributed by atoms with Crippen LogP contribution in [0, 0.1) is 5.92 Å². The highest BCUT2D eigenvalue weighted by Crippen LogP contribution is 2.11. The van der Waals surface area contributed by atoms with Crippen LogP contribution < -0.4 is 11.1 Å². The highest BCUT2D eigenvalue weighted by Gasteiger charge is 2.24. The van der Waals surface area contributed by atoms with Gasteiger partial charge >= 0.3 is 5.97 Å². The van der Waals surface area contributed by atoms with E-state index in [-0.39, 0.29) is 25.5 Å². The van der Waals surface area contributed by atoms with E-state index in [0.29, 0.717) is 24.5 Å². The SMILES string of the molecule is CCCOC[C@H](C[C@H](COCC)C(=O)O)NC(=O)c1ccc(N)cc1. The Labute approximate surface area is 148 Å². The Hall–Kier alpha value is -2.12. The molecule has 7 heteroatoms. The Bertz CT molecular complexity index is 533. The van der Waals surface area contributed by atoms with E-state index in [1.165, 1.54) is 0 Å². The first-order valence-electron chi connectivity index (χ1n) is 8.52. The van der Waals surface area contributed by atoms with Crippen LogP contribution in [-0.2, 0) is 14.3 Å². The van der Waals surface area contributed by atoms with Gasteiger partial charge in [0, 0.05) is 24.5 Å². The molecule has 2 atom stereocenters. The Balaban J connectivity index is 2.74. The summed E-state index contributed by atoms with van der Waals surface area (Å²) in [7, 11) is 0. The number of carboxylic acid groups (broad SMARTS) is 1. The summed E-state index contributed by atoms with van der Waals surface area (Å²) in [5, 5.41) is 12.2. The van der Waals surface area contributed by atoms with Gasteiger partial charge in [-0.2, -0.15) is 0 Å². The standard InChI is InChI=1S/C18H28N2O5/c1-3-9-25-12-16(10-14(18(22)23)11-24-4-2)20-17(21)13-5-7-15(19)8-6-13/h5-8,14,16H,3-4,9-12,19H2,1-2H3,(H,20,21)(H,22,23)/t14-,16+/m1/s1. The summed E-state index contributed by atoms with van der Waals surface area (Å²) in [5.74, 6) is -1.94. The van der Waals surface area contributed by atoms with Gasteiger partial charge in [0.15, 0.2) is 0 Å². The largest absolute Gasteiger partial charge is 0.481 e. The monoisotopic (exact) mass is 352 g/mol. The van der Waals surface area contributed by atoms with E-state index in [1.807, 2.05) is 13.8 Å². The zero-order valence-corrected chi connectivity index (χ0v) is 14.9. The molecule has 1 aromatic rings. The van der Waals surface area contributed by atoms with Gasteiger partial charge in [0.05, 0.1) is 25.2 Å². The molecule has 25 heavy (non-hydrogen) atoms. The maximum Gasteiger partial charge on any atom is 0.308 e. The lowest BCUT2D eigenvalue weighted by Crippen LogP contribution is -2.41. The minimum atomic E-state index is -0.948. The number of benzene rings is 1. The minimum Gasteiger partial charge on any atom is -0.481 e. The second-order valence-electron chi connectivity index (χ2n) is 5.80. The zero-order valence-electron chi connectivity index (χ0n) is 14.9. The van der Waals surface area contributed by atoms with E-state index in [4.69, 9.17) is 15.2 Å². The molecule has 0 heterocycles. The molecule has 1 amide bonds. The summed E-state index contributed by atoms with van der Waals surface area (Å²) in [4.78, 5) is 23.8. The average Bonchev–Trinajstić information content (AvgIpc) is 2.58. The van der Waals surface area contributed by atoms with Gasteiger partial charge in [-0.15, -0.1) is 0 Å². The highest BCUT2D eigenvalue weighted by atomic mass is 16.5. The Morgan fingerprint density at radius 3 is 2.40 bits per heavy atom. The number of nitrogen functional groups attached to an aromatic ring is 1. The molecule has 0 fully saturated rings. The lowest BCUT2D eigenvalue weighted by molar-refractivity contribution is -0.144. The number of carboxylic acids is 1. The number of hydrogen-bond acceptors (Lipinski definition) is 5. The molecule has 0 aliphatic heterocycles. The van der Waals surface area contributed by atoms with Crippen LogP contribution >= 0.6 is 0 Å². The van der Waals surface area contributed by atoms with E-state index < -0.39 is 17.9 Å². The van der Waals surface area contributed by atoms with Crippen molar-refractivity contribution in [1.29, 1.82) is 0 Å². The van der Waals surface area contributed by atoms with Gasteiger partial charge in [-0.1, -0.05) is 6.92 Å². The molecule has 0 saturated heterocycles. The van der Waals surface area contributed by atoms with Crippen molar-refractivity contribution in [2.75, 3.05) is 32.2 Å². The number of carbonyl (C=O) groups is 2. The molecule has 0 aliphatic rings. The quantitative estimate of drug-likeness (QED) is 0.391. The Kier molecular flexibility index (Phi) is 9.57. The van der Waals surface area contributed by atoms with Gasteiger partial charge in [-0.25, -0.2) is 0 Å². The lowest BCUT2D eigenvalue weighted by atomic mass is 10.0. The molecule has 0 radical (unpaired) electrons. The predicted octanol–water partition coefficient (Wildman–Crippen LogP) is 1.92. The van der Waals surface area contributed by atoms with Crippen molar-refractivity contribution in [1.82, 2.24) is 5.32 Å². The number of carbonyl (C=O) groups excluding carboxylic acids is 1. The Morgan fingerprint density at radius 2 is 1.84 bits per heavy atom. The Morgan fingerprint density at radius 1 is 1.16 bits per heavy atom. The summed E-state index contributed by atoms with van der Waals surface area (Å²) in [6, 6.07) is 6.13. The molecule has 0 bridgehead atoms. The van der Waals surface area contributed by atoms with Crippen molar-refractivity contribution < 1.29 is 24.2 Å². The molecular formula is C18H28N2O5.